The maximum atomic E-state index is 13.1. The molecule has 33 heavy (non-hydrogen) atoms. The molecule has 1 aromatic rings. The van der Waals surface area contributed by atoms with E-state index < -0.39 is 18.0 Å². The predicted molar refractivity (Wildman–Crippen MR) is 118 cm³/mol. The van der Waals surface area contributed by atoms with Gasteiger partial charge in [0.15, 0.2) is 12.6 Å². The van der Waals surface area contributed by atoms with Crippen molar-refractivity contribution in [1.29, 1.82) is 0 Å². The van der Waals surface area contributed by atoms with E-state index in [1.54, 1.807) is 13.1 Å². The average molecular weight is 469 g/mol. The van der Waals surface area contributed by atoms with E-state index in [2.05, 4.69) is 0 Å². The minimum Gasteiger partial charge on any atom is -0.396 e. The van der Waals surface area contributed by atoms with Gasteiger partial charge in [-0.2, -0.15) is 0 Å². The maximum absolute atomic E-state index is 13.1. The van der Waals surface area contributed by atoms with E-state index in [-0.39, 0.29) is 44.0 Å². The molecule has 3 aliphatic heterocycles. The summed E-state index contributed by atoms with van der Waals surface area (Å²) >= 11 is 0. The fourth-order valence-electron chi connectivity index (χ4n) is 4.61. The van der Waals surface area contributed by atoms with Gasteiger partial charge in [-0.1, -0.05) is 0 Å². The maximum Gasteiger partial charge on any atom is 0.333 e. The smallest absolute Gasteiger partial charge is 0.333 e. The zero-order chi connectivity index (χ0) is 23.2. The van der Waals surface area contributed by atoms with E-state index in [0.29, 0.717) is 31.6 Å². The van der Waals surface area contributed by atoms with Crippen molar-refractivity contribution in [3.63, 3.8) is 0 Å². The molecule has 5 atom stereocenters. The lowest BCUT2D eigenvalue weighted by Gasteiger charge is -2.29. The van der Waals surface area contributed by atoms with Crippen molar-refractivity contribution in [3.05, 3.63) is 32.6 Å². The van der Waals surface area contributed by atoms with Crippen LogP contribution in [0.3, 0.4) is 0 Å². The zero-order valence-electron chi connectivity index (χ0n) is 19.4. The first kappa shape index (κ1) is 24.6. The summed E-state index contributed by atoms with van der Waals surface area (Å²) in [5.74, 6) is 0. The molecular weight excluding hydrogens is 432 g/mol. The Morgan fingerprint density at radius 3 is 2.48 bits per heavy atom. The molecule has 1 aromatic heterocycles. The molecule has 0 aromatic carbocycles. The molecule has 2 unspecified atom stereocenters. The van der Waals surface area contributed by atoms with Crippen LogP contribution in [0.25, 0.3) is 0 Å². The third-order valence-corrected chi connectivity index (χ3v) is 6.45. The van der Waals surface area contributed by atoms with E-state index in [4.69, 9.17) is 28.8 Å². The van der Waals surface area contributed by atoms with Crippen LogP contribution in [0.4, 0.5) is 0 Å². The van der Waals surface area contributed by atoms with Gasteiger partial charge in [-0.15, -0.1) is 0 Å². The Balaban J connectivity index is 1.51. The highest BCUT2D eigenvalue weighted by Gasteiger charge is 2.40. The Labute approximate surface area is 193 Å². The Bertz CT molecular complexity index is 872. The summed E-state index contributed by atoms with van der Waals surface area (Å²) < 4.78 is 32.6. The van der Waals surface area contributed by atoms with Crippen LogP contribution in [-0.2, 0) is 30.2 Å². The van der Waals surface area contributed by atoms with Crippen LogP contribution in [0, 0.1) is 6.92 Å². The zero-order valence-corrected chi connectivity index (χ0v) is 19.4. The van der Waals surface area contributed by atoms with Gasteiger partial charge in [-0.05, 0) is 51.9 Å². The molecule has 10 nitrogen and oxygen atoms in total. The van der Waals surface area contributed by atoms with E-state index in [0.717, 1.165) is 43.1 Å². The SMILES string of the molecule is Cc1cn([C@H]2C[C@H](OC3CCCCO3)[C@@H](COC3CCCCO3)O2)c(=O)n(CCCO)c1=O. The molecule has 0 spiro atoms. The van der Waals surface area contributed by atoms with Crippen molar-refractivity contribution in [2.75, 3.05) is 26.4 Å². The summed E-state index contributed by atoms with van der Waals surface area (Å²) in [6.07, 6.45) is 6.33. The molecule has 1 N–H and O–H groups in total. The van der Waals surface area contributed by atoms with Crippen molar-refractivity contribution >= 4 is 0 Å². The average Bonchev–Trinajstić information content (AvgIpc) is 3.23. The number of aromatic nitrogens is 2. The second-order valence-corrected chi connectivity index (χ2v) is 9.00. The third-order valence-electron chi connectivity index (χ3n) is 6.45. The van der Waals surface area contributed by atoms with Crippen LogP contribution in [0.2, 0.25) is 0 Å². The molecule has 3 saturated heterocycles. The Hall–Kier alpha value is -1.56. The lowest BCUT2D eigenvalue weighted by molar-refractivity contribution is -0.216. The van der Waals surface area contributed by atoms with Crippen LogP contribution in [0.15, 0.2) is 15.8 Å². The van der Waals surface area contributed by atoms with Gasteiger partial charge >= 0.3 is 5.69 Å². The molecular formula is C23H36N2O8. The lowest BCUT2D eigenvalue weighted by Crippen LogP contribution is -2.42. The monoisotopic (exact) mass is 468 g/mol. The molecule has 10 heteroatoms. The van der Waals surface area contributed by atoms with Crippen LogP contribution in [0.5, 0.6) is 0 Å². The summed E-state index contributed by atoms with van der Waals surface area (Å²) in [5, 5.41) is 9.15. The van der Waals surface area contributed by atoms with Crippen LogP contribution < -0.4 is 11.2 Å². The van der Waals surface area contributed by atoms with Gasteiger partial charge in [-0.3, -0.25) is 13.9 Å². The van der Waals surface area contributed by atoms with Gasteiger partial charge < -0.3 is 28.8 Å². The Kier molecular flexibility index (Phi) is 8.72. The first-order valence-corrected chi connectivity index (χ1v) is 12.2. The number of aliphatic hydroxyl groups is 1. The summed E-state index contributed by atoms with van der Waals surface area (Å²) in [4.78, 5) is 25.6. The summed E-state index contributed by atoms with van der Waals surface area (Å²) in [5.41, 5.74) is -0.353. The van der Waals surface area contributed by atoms with E-state index in [1.807, 2.05) is 0 Å². The molecule has 0 amide bonds. The van der Waals surface area contributed by atoms with E-state index >= 15 is 0 Å². The highest BCUT2D eigenvalue weighted by molar-refractivity contribution is 5.04. The largest absolute Gasteiger partial charge is 0.396 e. The van der Waals surface area contributed by atoms with Crippen molar-refractivity contribution in [2.45, 2.75) is 95.9 Å². The molecule has 3 aliphatic rings. The predicted octanol–water partition coefficient (Wildman–Crippen LogP) is 1.44. The van der Waals surface area contributed by atoms with Crippen molar-refractivity contribution in [2.24, 2.45) is 0 Å². The minimum absolute atomic E-state index is 0.0975. The standard InChI is InChI=1S/C23H36N2O8/c1-16-14-25(23(28)24(22(16)27)9-6-10-26)19-13-17(33-21-8-3-5-12-30-21)18(32-19)15-31-20-7-2-4-11-29-20/h14,17-21,26H,2-13,15H2,1H3/t17-,18+,19+,20?,21?/m0/s1. The van der Waals surface area contributed by atoms with Gasteiger partial charge in [-0.25, -0.2) is 4.79 Å². The molecule has 4 heterocycles. The Morgan fingerprint density at radius 1 is 1.09 bits per heavy atom. The molecule has 0 aliphatic carbocycles. The number of hydrogen-bond donors (Lipinski definition) is 1. The van der Waals surface area contributed by atoms with Crippen molar-refractivity contribution in [1.82, 2.24) is 9.13 Å². The molecule has 3 fully saturated rings. The number of aliphatic hydroxyl groups excluding tert-OH is 1. The third kappa shape index (κ3) is 6.12. The van der Waals surface area contributed by atoms with Gasteiger partial charge in [0.05, 0.1) is 12.7 Å². The first-order valence-electron chi connectivity index (χ1n) is 12.2. The highest BCUT2D eigenvalue weighted by atomic mass is 16.7. The van der Waals surface area contributed by atoms with Crippen LogP contribution >= 0.6 is 0 Å². The number of aryl methyl sites for hydroxylation is 1. The quantitative estimate of drug-likeness (QED) is 0.580. The number of ether oxygens (including phenoxy) is 5. The lowest BCUT2D eigenvalue weighted by atomic mass is 10.1. The van der Waals surface area contributed by atoms with Crippen molar-refractivity contribution in [3.8, 4) is 0 Å². The van der Waals surface area contributed by atoms with Crippen LogP contribution in [0.1, 0.15) is 63.2 Å². The fraction of sp³-hybridized carbons (Fsp3) is 0.826. The van der Waals surface area contributed by atoms with Crippen molar-refractivity contribution < 1.29 is 28.8 Å². The summed E-state index contributed by atoms with van der Waals surface area (Å²) in [6, 6.07) is 0. The molecule has 0 saturated carbocycles. The van der Waals surface area contributed by atoms with Crippen LogP contribution in [-0.4, -0.2) is 65.5 Å². The van der Waals surface area contributed by atoms with E-state index in [1.165, 1.54) is 4.57 Å². The molecule has 186 valence electrons. The van der Waals surface area contributed by atoms with Gasteiger partial charge in [0.2, 0.25) is 0 Å². The highest BCUT2D eigenvalue weighted by Crippen LogP contribution is 2.33. The fourth-order valence-corrected chi connectivity index (χ4v) is 4.61. The number of rotatable bonds is 9. The first-order chi connectivity index (χ1) is 16.1. The number of hydrogen-bond acceptors (Lipinski definition) is 8. The van der Waals surface area contributed by atoms with E-state index in [9.17, 15) is 9.59 Å². The second-order valence-electron chi connectivity index (χ2n) is 9.00. The van der Waals surface area contributed by atoms with Gasteiger partial charge in [0, 0.05) is 44.5 Å². The molecule has 4 rings (SSSR count). The minimum atomic E-state index is -0.591. The second kappa shape index (κ2) is 11.7. The normalized spacial score (nSPS) is 30.5. The van der Waals surface area contributed by atoms with Gasteiger partial charge in [0.1, 0.15) is 12.3 Å². The topological polar surface area (TPSA) is 110 Å². The summed E-state index contributed by atoms with van der Waals surface area (Å²) in [6.45, 7) is 3.39. The van der Waals surface area contributed by atoms with Gasteiger partial charge in [0.25, 0.3) is 5.56 Å². The summed E-state index contributed by atoms with van der Waals surface area (Å²) in [7, 11) is 0. The molecule has 0 radical (unpaired) electrons. The number of nitrogens with zero attached hydrogens (tertiary/aromatic N) is 2. The Morgan fingerprint density at radius 2 is 1.82 bits per heavy atom. The molecule has 0 bridgehead atoms.